The molecule has 7 heteroatoms. The first-order chi connectivity index (χ1) is 9.90. The van der Waals surface area contributed by atoms with Crippen molar-refractivity contribution in [2.75, 3.05) is 0 Å². The van der Waals surface area contributed by atoms with Crippen LogP contribution < -0.4 is 0 Å². The SMILES string of the molecule is C=CS(=O)(=O)c1ccc(N=Nc2cc(O)cc(O)c2)cc1. The number of phenolic OH excluding ortho intramolecular Hbond substituents is 2. The summed E-state index contributed by atoms with van der Waals surface area (Å²) >= 11 is 0. The maximum absolute atomic E-state index is 11.5. The van der Waals surface area contributed by atoms with Gasteiger partial charge in [0.1, 0.15) is 11.5 Å². The molecule has 2 rings (SSSR count). The van der Waals surface area contributed by atoms with Crippen LogP contribution >= 0.6 is 0 Å². The van der Waals surface area contributed by atoms with E-state index < -0.39 is 9.84 Å². The molecule has 0 saturated heterocycles. The van der Waals surface area contributed by atoms with Gasteiger partial charge in [-0.3, -0.25) is 0 Å². The van der Waals surface area contributed by atoms with E-state index in [4.69, 9.17) is 0 Å². The Kier molecular flexibility index (Phi) is 4.04. The predicted octanol–water partition coefficient (Wildman–Crippen LogP) is 3.43. The lowest BCUT2D eigenvalue weighted by Gasteiger charge is -1.99. The lowest BCUT2D eigenvalue weighted by Crippen LogP contribution is -1.94. The van der Waals surface area contributed by atoms with Crippen molar-refractivity contribution in [1.82, 2.24) is 0 Å². The van der Waals surface area contributed by atoms with E-state index in [0.717, 1.165) is 5.41 Å². The van der Waals surface area contributed by atoms with Crippen LogP contribution in [0, 0.1) is 0 Å². The fourth-order valence-corrected chi connectivity index (χ4v) is 2.26. The van der Waals surface area contributed by atoms with Gasteiger partial charge in [0.25, 0.3) is 0 Å². The molecule has 0 fully saturated rings. The number of nitrogens with zero attached hydrogens (tertiary/aromatic N) is 2. The van der Waals surface area contributed by atoms with Crippen LogP contribution in [0.1, 0.15) is 0 Å². The van der Waals surface area contributed by atoms with E-state index in [2.05, 4.69) is 16.8 Å². The van der Waals surface area contributed by atoms with Gasteiger partial charge in [-0.1, -0.05) is 6.58 Å². The van der Waals surface area contributed by atoms with Crippen LogP contribution in [0.15, 0.2) is 69.6 Å². The summed E-state index contributed by atoms with van der Waals surface area (Å²) in [5.74, 6) is -0.257. The van der Waals surface area contributed by atoms with Gasteiger partial charge in [0.15, 0.2) is 9.84 Å². The molecule has 0 aliphatic heterocycles. The molecule has 0 aliphatic rings. The van der Waals surface area contributed by atoms with E-state index in [0.29, 0.717) is 5.69 Å². The highest BCUT2D eigenvalue weighted by molar-refractivity contribution is 7.94. The van der Waals surface area contributed by atoms with Crippen molar-refractivity contribution in [3.8, 4) is 11.5 Å². The normalized spacial score (nSPS) is 11.6. The molecule has 0 amide bonds. The second-order valence-electron chi connectivity index (χ2n) is 4.11. The molecule has 2 aromatic rings. The second-order valence-corrected chi connectivity index (χ2v) is 6.01. The zero-order chi connectivity index (χ0) is 15.5. The first-order valence-electron chi connectivity index (χ1n) is 5.83. The molecule has 2 aromatic carbocycles. The fourth-order valence-electron chi connectivity index (χ4n) is 1.55. The Bertz CT molecular complexity index is 776. The molecule has 0 radical (unpaired) electrons. The number of hydrogen-bond donors (Lipinski definition) is 2. The highest BCUT2D eigenvalue weighted by atomic mass is 32.2. The average molecular weight is 304 g/mol. The van der Waals surface area contributed by atoms with Crippen molar-refractivity contribution in [2.45, 2.75) is 4.90 Å². The number of azo groups is 1. The monoisotopic (exact) mass is 304 g/mol. The van der Waals surface area contributed by atoms with Gasteiger partial charge in [-0.2, -0.15) is 10.2 Å². The van der Waals surface area contributed by atoms with Crippen molar-refractivity contribution in [3.63, 3.8) is 0 Å². The fraction of sp³-hybridized carbons (Fsp3) is 0. The van der Waals surface area contributed by atoms with E-state index in [1.165, 1.54) is 42.5 Å². The predicted molar refractivity (Wildman–Crippen MR) is 77.8 cm³/mol. The smallest absolute Gasteiger partial charge is 0.199 e. The molecular weight excluding hydrogens is 292 g/mol. The van der Waals surface area contributed by atoms with Crippen LogP contribution in [0.4, 0.5) is 11.4 Å². The Balaban J connectivity index is 2.24. The van der Waals surface area contributed by atoms with Crippen molar-refractivity contribution < 1.29 is 18.6 Å². The Hall–Kier alpha value is -2.67. The second kappa shape index (κ2) is 5.76. The van der Waals surface area contributed by atoms with Crippen LogP contribution in [0.2, 0.25) is 0 Å². The standard InChI is InChI=1S/C14H12N2O4S/c1-2-21(19,20)14-5-3-10(4-6-14)15-16-11-7-12(17)9-13(18)8-11/h2-9,17-18H,1H2. The first-order valence-corrected chi connectivity index (χ1v) is 7.38. The summed E-state index contributed by atoms with van der Waals surface area (Å²) in [7, 11) is -3.47. The van der Waals surface area contributed by atoms with Gasteiger partial charge < -0.3 is 10.2 Å². The number of sulfone groups is 1. The molecule has 0 aliphatic carbocycles. The number of phenols is 2. The van der Waals surface area contributed by atoms with Gasteiger partial charge in [0, 0.05) is 23.6 Å². The Labute approximate surface area is 121 Å². The molecule has 0 saturated carbocycles. The van der Waals surface area contributed by atoms with Gasteiger partial charge in [0.05, 0.1) is 16.3 Å². The Morgan fingerprint density at radius 3 is 1.95 bits per heavy atom. The van der Waals surface area contributed by atoms with Gasteiger partial charge in [0.2, 0.25) is 0 Å². The van der Waals surface area contributed by atoms with Gasteiger partial charge in [-0.15, -0.1) is 0 Å². The molecule has 0 spiro atoms. The van der Waals surface area contributed by atoms with E-state index in [1.54, 1.807) is 0 Å². The quantitative estimate of drug-likeness (QED) is 0.845. The van der Waals surface area contributed by atoms with E-state index >= 15 is 0 Å². The molecule has 21 heavy (non-hydrogen) atoms. The summed E-state index contributed by atoms with van der Waals surface area (Å²) < 4.78 is 23.1. The van der Waals surface area contributed by atoms with Crippen molar-refractivity contribution in [1.29, 1.82) is 0 Å². The molecule has 6 nitrogen and oxygen atoms in total. The molecule has 0 unspecified atom stereocenters. The van der Waals surface area contributed by atoms with Crippen molar-refractivity contribution in [2.24, 2.45) is 10.2 Å². The Morgan fingerprint density at radius 1 is 0.905 bits per heavy atom. The molecule has 0 bridgehead atoms. The number of rotatable bonds is 4. The van der Waals surface area contributed by atoms with Gasteiger partial charge in [-0.05, 0) is 24.3 Å². The zero-order valence-corrected chi connectivity index (χ0v) is 11.7. The lowest BCUT2D eigenvalue weighted by molar-refractivity contribution is 0.451. The highest BCUT2D eigenvalue weighted by Crippen LogP contribution is 2.27. The van der Waals surface area contributed by atoms with E-state index in [-0.39, 0.29) is 22.1 Å². The largest absolute Gasteiger partial charge is 0.508 e. The van der Waals surface area contributed by atoms with Crippen LogP contribution in [-0.2, 0) is 9.84 Å². The van der Waals surface area contributed by atoms with Gasteiger partial charge >= 0.3 is 0 Å². The average Bonchev–Trinajstić information content (AvgIpc) is 2.44. The third-order valence-electron chi connectivity index (χ3n) is 2.55. The highest BCUT2D eigenvalue weighted by Gasteiger charge is 2.08. The van der Waals surface area contributed by atoms with Crippen molar-refractivity contribution in [3.05, 3.63) is 54.5 Å². The van der Waals surface area contributed by atoms with E-state index in [1.807, 2.05) is 0 Å². The number of aromatic hydroxyl groups is 2. The lowest BCUT2D eigenvalue weighted by atomic mass is 10.3. The summed E-state index contributed by atoms with van der Waals surface area (Å²) in [4.78, 5) is 0.117. The van der Waals surface area contributed by atoms with E-state index in [9.17, 15) is 18.6 Å². The number of benzene rings is 2. The van der Waals surface area contributed by atoms with Crippen molar-refractivity contribution >= 4 is 21.2 Å². The third kappa shape index (κ3) is 3.67. The molecular formula is C14H12N2O4S. The summed E-state index contributed by atoms with van der Waals surface area (Å²) in [5, 5.41) is 27.2. The molecule has 0 aromatic heterocycles. The maximum Gasteiger partial charge on any atom is 0.199 e. The van der Waals surface area contributed by atoms with Gasteiger partial charge in [-0.25, -0.2) is 8.42 Å². The number of hydrogen-bond acceptors (Lipinski definition) is 6. The summed E-state index contributed by atoms with van der Waals surface area (Å²) in [6.07, 6.45) is 0. The van der Waals surface area contributed by atoms with Crippen LogP contribution in [0.25, 0.3) is 0 Å². The minimum Gasteiger partial charge on any atom is -0.508 e. The Morgan fingerprint density at radius 2 is 1.43 bits per heavy atom. The van der Waals surface area contributed by atoms with Crippen LogP contribution in [0.3, 0.4) is 0 Å². The molecule has 108 valence electrons. The molecule has 2 N–H and O–H groups in total. The minimum absolute atomic E-state index is 0.117. The first kappa shape index (κ1) is 14.7. The maximum atomic E-state index is 11.5. The topological polar surface area (TPSA) is 99.3 Å². The summed E-state index contributed by atoms with van der Waals surface area (Å²) in [5.41, 5.74) is 0.705. The zero-order valence-electron chi connectivity index (χ0n) is 10.8. The molecule has 0 atom stereocenters. The summed E-state index contributed by atoms with van der Waals surface area (Å²) in [6, 6.07) is 9.61. The third-order valence-corrected chi connectivity index (χ3v) is 3.92. The molecule has 0 heterocycles. The van der Waals surface area contributed by atoms with Crippen LogP contribution in [-0.4, -0.2) is 18.6 Å². The minimum atomic E-state index is -3.47. The van der Waals surface area contributed by atoms with Crippen LogP contribution in [0.5, 0.6) is 11.5 Å². The summed E-state index contributed by atoms with van der Waals surface area (Å²) in [6.45, 7) is 3.25.